The molecule has 0 radical (unpaired) electrons. The zero-order valence-corrected chi connectivity index (χ0v) is 12.8. The summed E-state index contributed by atoms with van der Waals surface area (Å²) in [5, 5.41) is 0. The molecule has 110 valence electrons. The van der Waals surface area contributed by atoms with Crippen molar-refractivity contribution in [1.82, 2.24) is 4.90 Å². The van der Waals surface area contributed by atoms with E-state index in [-0.39, 0.29) is 0 Å². The van der Waals surface area contributed by atoms with Crippen molar-refractivity contribution in [2.45, 2.75) is 50.0 Å². The maximum absolute atomic E-state index is 2.85. The summed E-state index contributed by atoms with van der Waals surface area (Å²) in [4.78, 5) is 2.85. The summed E-state index contributed by atoms with van der Waals surface area (Å²) < 4.78 is 0. The number of rotatable bonds is 1. The van der Waals surface area contributed by atoms with Crippen LogP contribution in [0.1, 0.15) is 49.7 Å². The fourth-order valence-corrected chi connectivity index (χ4v) is 5.78. The number of likely N-dealkylation sites (tertiary alicyclic amines) is 1. The third-order valence-corrected chi connectivity index (χ3v) is 6.94. The van der Waals surface area contributed by atoms with E-state index in [0.29, 0.717) is 5.41 Å². The smallest absolute Gasteiger partial charge is 0.0165 e. The molecule has 1 spiro atoms. The van der Waals surface area contributed by atoms with Gasteiger partial charge in [0.25, 0.3) is 0 Å². The van der Waals surface area contributed by atoms with E-state index in [4.69, 9.17) is 0 Å². The van der Waals surface area contributed by atoms with E-state index in [1.165, 1.54) is 57.2 Å². The molecule has 1 nitrogen and oxygen atoms in total. The van der Waals surface area contributed by atoms with Gasteiger partial charge in [0, 0.05) is 11.5 Å². The number of allylic oxidation sites excluding steroid dienone is 1. The maximum atomic E-state index is 2.85. The highest BCUT2D eigenvalue weighted by Crippen LogP contribution is 2.49. The van der Waals surface area contributed by atoms with Gasteiger partial charge in [0.05, 0.1) is 0 Å². The Morgan fingerprint density at radius 2 is 1.86 bits per heavy atom. The van der Waals surface area contributed by atoms with Crippen molar-refractivity contribution in [3.8, 4) is 0 Å². The van der Waals surface area contributed by atoms with E-state index in [1.807, 2.05) is 0 Å². The van der Waals surface area contributed by atoms with Gasteiger partial charge in [0.15, 0.2) is 0 Å². The Hall–Kier alpha value is -1.08. The number of nitrogens with zero attached hydrogens (tertiary/aromatic N) is 1. The predicted octanol–water partition coefficient (Wildman–Crippen LogP) is 4.24. The van der Waals surface area contributed by atoms with Gasteiger partial charge in [-0.1, -0.05) is 42.8 Å². The summed E-state index contributed by atoms with van der Waals surface area (Å²) in [5.74, 6) is 2.11. The fraction of sp³-hybridized carbons (Fsp3) is 0.600. The van der Waals surface area contributed by atoms with Crippen LogP contribution in [0.2, 0.25) is 0 Å². The van der Waals surface area contributed by atoms with Crippen LogP contribution in [0, 0.1) is 11.8 Å². The largest absolute Gasteiger partial charge is 0.300 e. The SMILES string of the molecule is C1=CC2(CCN(C3CC4CCC3C4)CC2)c2ccccc21. The standard InChI is InChI=1S/C20H25N/c1-2-4-18-16(3-1)7-8-20(18)9-11-21(12-10-20)19-14-15-5-6-17(19)13-15/h1-4,7-8,15,17,19H,5-6,9-14H2. The van der Waals surface area contributed by atoms with Gasteiger partial charge in [0.2, 0.25) is 0 Å². The van der Waals surface area contributed by atoms with E-state index >= 15 is 0 Å². The van der Waals surface area contributed by atoms with Crippen molar-refractivity contribution in [2.75, 3.05) is 13.1 Å². The van der Waals surface area contributed by atoms with Crippen molar-refractivity contribution in [1.29, 1.82) is 0 Å². The molecule has 3 fully saturated rings. The van der Waals surface area contributed by atoms with Crippen LogP contribution in [0.4, 0.5) is 0 Å². The molecule has 1 heteroatoms. The molecule has 1 aromatic carbocycles. The topological polar surface area (TPSA) is 3.24 Å². The zero-order valence-electron chi connectivity index (χ0n) is 12.8. The van der Waals surface area contributed by atoms with Gasteiger partial charge < -0.3 is 4.90 Å². The molecule has 3 aliphatic carbocycles. The Balaban J connectivity index is 1.34. The molecule has 1 aliphatic heterocycles. The molecule has 0 N–H and O–H groups in total. The van der Waals surface area contributed by atoms with Crippen LogP contribution >= 0.6 is 0 Å². The van der Waals surface area contributed by atoms with Crippen LogP contribution in [0.5, 0.6) is 0 Å². The first-order valence-electron chi connectivity index (χ1n) is 8.87. The van der Waals surface area contributed by atoms with Crippen LogP contribution in [0.15, 0.2) is 30.3 Å². The number of piperidine rings is 1. The molecule has 4 aliphatic rings. The molecule has 1 saturated heterocycles. The van der Waals surface area contributed by atoms with E-state index in [0.717, 1.165) is 17.9 Å². The molecule has 1 aromatic rings. The summed E-state index contributed by atoms with van der Waals surface area (Å²) in [6.45, 7) is 2.62. The van der Waals surface area contributed by atoms with Gasteiger partial charge in [-0.2, -0.15) is 0 Å². The molecular formula is C20H25N. The van der Waals surface area contributed by atoms with Gasteiger partial charge >= 0.3 is 0 Å². The number of fused-ring (bicyclic) bond motifs is 4. The molecule has 0 aromatic heterocycles. The van der Waals surface area contributed by atoms with Crippen molar-refractivity contribution >= 4 is 6.08 Å². The summed E-state index contributed by atoms with van der Waals surface area (Å²) in [6, 6.07) is 9.97. The van der Waals surface area contributed by atoms with Gasteiger partial charge in [0.1, 0.15) is 0 Å². The Bertz CT molecular complexity index is 579. The third kappa shape index (κ3) is 1.80. The zero-order chi connectivity index (χ0) is 13.9. The molecular weight excluding hydrogens is 254 g/mol. The Labute approximate surface area is 128 Å². The Morgan fingerprint density at radius 1 is 1.00 bits per heavy atom. The van der Waals surface area contributed by atoms with E-state index < -0.39 is 0 Å². The molecule has 0 amide bonds. The monoisotopic (exact) mass is 279 g/mol. The molecule has 5 rings (SSSR count). The molecule has 2 saturated carbocycles. The number of hydrogen-bond acceptors (Lipinski definition) is 1. The van der Waals surface area contributed by atoms with Crippen LogP contribution in [-0.4, -0.2) is 24.0 Å². The lowest BCUT2D eigenvalue weighted by Gasteiger charge is -2.44. The Morgan fingerprint density at radius 3 is 2.62 bits per heavy atom. The van der Waals surface area contributed by atoms with Crippen molar-refractivity contribution < 1.29 is 0 Å². The van der Waals surface area contributed by atoms with Crippen molar-refractivity contribution in [2.24, 2.45) is 11.8 Å². The third-order valence-electron chi connectivity index (χ3n) is 6.94. The summed E-state index contributed by atoms with van der Waals surface area (Å²) in [6.07, 6.45) is 13.6. The summed E-state index contributed by atoms with van der Waals surface area (Å²) in [5.41, 5.74) is 3.42. The minimum atomic E-state index is 0.366. The average Bonchev–Trinajstić information content (AvgIpc) is 3.24. The van der Waals surface area contributed by atoms with Gasteiger partial charge in [-0.3, -0.25) is 0 Å². The molecule has 3 unspecified atom stereocenters. The van der Waals surface area contributed by atoms with Crippen LogP contribution in [0.3, 0.4) is 0 Å². The maximum Gasteiger partial charge on any atom is 0.0165 e. The lowest BCUT2D eigenvalue weighted by Crippen LogP contribution is -2.47. The molecule has 1 heterocycles. The van der Waals surface area contributed by atoms with E-state index in [2.05, 4.69) is 41.3 Å². The number of hydrogen-bond donors (Lipinski definition) is 0. The quantitative estimate of drug-likeness (QED) is 0.743. The second-order valence-corrected chi connectivity index (χ2v) is 7.85. The summed E-state index contributed by atoms with van der Waals surface area (Å²) >= 11 is 0. The lowest BCUT2D eigenvalue weighted by molar-refractivity contribution is 0.0964. The van der Waals surface area contributed by atoms with Crippen LogP contribution in [-0.2, 0) is 5.41 Å². The van der Waals surface area contributed by atoms with Gasteiger partial charge in [-0.05, 0) is 68.2 Å². The lowest BCUT2D eigenvalue weighted by atomic mass is 9.74. The van der Waals surface area contributed by atoms with E-state index in [1.54, 1.807) is 5.56 Å². The Kier molecular flexibility index (Phi) is 2.65. The first-order valence-corrected chi connectivity index (χ1v) is 8.87. The minimum absolute atomic E-state index is 0.366. The minimum Gasteiger partial charge on any atom is -0.300 e. The number of benzene rings is 1. The molecule has 21 heavy (non-hydrogen) atoms. The fourth-order valence-electron chi connectivity index (χ4n) is 5.78. The first-order chi connectivity index (χ1) is 10.3. The predicted molar refractivity (Wildman–Crippen MR) is 87.2 cm³/mol. The van der Waals surface area contributed by atoms with Crippen molar-refractivity contribution in [3.05, 3.63) is 41.5 Å². The second-order valence-electron chi connectivity index (χ2n) is 7.85. The average molecular weight is 279 g/mol. The second kappa shape index (κ2) is 4.46. The highest BCUT2D eigenvalue weighted by Gasteiger charge is 2.45. The normalized spacial score (nSPS) is 36.5. The molecule has 3 atom stereocenters. The first kappa shape index (κ1) is 12.5. The highest BCUT2D eigenvalue weighted by atomic mass is 15.2. The highest BCUT2D eigenvalue weighted by molar-refractivity contribution is 5.65. The van der Waals surface area contributed by atoms with Crippen LogP contribution < -0.4 is 0 Å². The van der Waals surface area contributed by atoms with Crippen LogP contribution in [0.25, 0.3) is 6.08 Å². The van der Waals surface area contributed by atoms with Gasteiger partial charge in [-0.25, -0.2) is 0 Å². The van der Waals surface area contributed by atoms with Crippen molar-refractivity contribution in [3.63, 3.8) is 0 Å². The summed E-state index contributed by atoms with van der Waals surface area (Å²) in [7, 11) is 0. The molecule has 2 bridgehead atoms. The van der Waals surface area contributed by atoms with E-state index in [9.17, 15) is 0 Å². The van der Waals surface area contributed by atoms with Gasteiger partial charge in [-0.15, -0.1) is 0 Å².